The number of hydrogen-bond acceptors (Lipinski definition) is 4. The maximum Gasteiger partial charge on any atom is 0.240 e. The highest BCUT2D eigenvalue weighted by molar-refractivity contribution is 5.89. The van der Waals surface area contributed by atoms with Gasteiger partial charge in [0.2, 0.25) is 12.0 Å². The SMILES string of the molecule is COc1ccc2cccc(N=C=O)c2n1. The highest BCUT2D eigenvalue weighted by Gasteiger charge is 2.02. The number of fused-ring (bicyclic) bond motifs is 1. The summed E-state index contributed by atoms with van der Waals surface area (Å²) in [5.41, 5.74) is 1.14. The van der Waals surface area contributed by atoms with Gasteiger partial charge in [0.25, 0.3) is 0 Å². The molecule has 4 nitrogen and oxygen atoms in total. The molecule has 0 N–H and O–H groups in total. The third-order valence-electron chi connectivity index (χ3n) is 2.05. The average molecular weight is 200 g/mol. The molecule has 74 valence electrons. The normalized spacial score (nSPS) is 9.67. The second kappa shape index (κ2) is 3.90. The molecule has 15 heavy (non-hydrogen) atoms. The van der Waals surface area contributed by atoms with Crippen molar-refractivity contribution in [3.63, 3.8) is 0 Å². The van der Waals surface area contributed by atoms with E-state index in [0.29, 0.717) is 17.1 Å². The molecule has 0 unspecified atom stereocenters. The molecule has 0 aliphatic heterocycles. The van der Waals surface area contributed by atoms with Gasteiger partial charge in [0.1, 0.15) is 11.2 Å². The van der Waals surface area contributed by atoms with E-state index < -0.39 is 0 Å². The van der Waals surface area contributed by atoms with E-state index in [9.17, 15) is 4.79 Å². The van der Waals surface area contributed by atoms with Gasteiger partial charge in [-0.25, -0.2) is 9.78 Å². The van der Waals surface area contributed by atoms with Crippen LogP contribution in [-0.4, -0.2) is 18.2 Å². The number of pyridine rings is 1. The van der Waals surface area contributed by atoms with E-state index in [1.165, 1.54) is 6.08 Å². The summed E-state index contributed by atoms with van der Waals surface area (Å²) in [5.74, 6) is 0.496. The molecule has 0 aliphatic carbocycles. The van der Waals surface area contributed by atoms with Crippen molar-refractivity contribution in [3.05, 3.63) is 30.3 Å². The molecule has 1 aromatic carbocycles. The van der Waals surface area contributed by atoms with E-state index >= 15 is 0 Å². The summed E-state index contributed by atoms with van der Waals surface area (Å²) in [7, 11) is 1.54. The van der Waals surface area contributed by atoms with Crippen molar-refractivity contribution in [1.29, 1.82) is 0 Å². The predicted molar refractivity (Wildman–Crippen MR) is 56.1 cm³/mol. The smallest absolute Gasteiger partial charge is 0.240 e. The molecule has 1 aromatic heterocycles. The molecule has 0 saturated heterocycles. The van der Waals surface area contributed by atoms with E-state index in [1.54, 1.807) is 19.2 Å². The van der Waals surface area contributed by atoms with Gasteiger partial charge in [-0.1, -0.05) is 12.1 Å². The summed E-state index contributed by atoms with van der Waals surface area (Å²) in [6, 6.07) is 9.04. The van der Waals surface area contributed by atoms with Crippen molar-refractivity contribution in [1.82, 2.24) is 4.98 Å². The number of aliphatic imine (C=N–C) groups is 1. The number of rotatable bonds is 2. The molecule has 1 heterocycles. The fourth-order valence-electron chi connectivity index (χ4n) is 1.37. The zero-order valence-electron chi connectivity index (χ0n) is 8.10. The minimum absolute atomic E-state index is 0.496. The Hall–Kier alpha value is -2.19. The van der Waals surface area contributed by atoms with Crippen LogP contribution in [0.2, 0.25) is 0 Å². The second-order valence-corrected chi connectivity index (χ2v) is 2.91. The fraction of sp³-hybridized carbons (Fsp3) is 0.0909. The van der Waals surface area contributed by atoms with Crippen LogP contribution in [0.15, 0.2) is 35.3 Å². The molecule has 4 heteroatoms. The monoisotopic (exact) mass is 200 g/mol. The third kappa shape index (κ3) is 1.71. The molecular weight excluding hydrogens is 192 g/mol. The molecule has 2 rings (SSSR count). The summed E-state index contributed by atoms with van der Waals surface area (Å²) in [6.45, 7) is 0. The first-order valence-electron chi connectivity index (χ1n) is 4.37. The van der Waals surface area contributed by atoms with E-state index in [0.717, 1.165) is 5.39 Å². The lowest BCUT2D eigenvalue weighted by molar-refractivity contribution is 0.399. The molecule has 0 aliphatic rings. The highest BCUT2D eigenvalue weighted by Crippen LogP contribution is 2.25. The Morgan fingerprint density at radius 1 is 1.33 bits per heavy atom. The van der Waals surface area contributed by atoms with Crippen molar-refractivity contribution in [2.45, 2.75) is 0 Å². The van der Waals surface area contributed by atoms with Crippen LogP contribution in [0.25, 0.3) is 10.9 Å². The molecule has 0 radical (unpaired) electrons. The molecule has 0 spiro atoms. The summed E-state index contributed by atoms with van der Waals surface area (Å²) < 4.78 is 5.00. The molecule has 0 saturated carbocycles. The Bertz CT molecular complexity index is 545. The molecule has 0 bridgehead atoms. The van der Waals surface area contributed by atoms with Crippen molar-refractivity contribution < 1.29 is 9.53 Å². The second-order valence-electron chi connectivity index (χ2n) is 2.91. The summed E-state index contributed by atoms with van der Waals surface area (Å²) in [6.07, 6.45) is 1.51. The lowest BCUT2D eigenvalue weighted by Gasteiger charge is -2.02. The molecular formula is C11H8N2O2. The largest absolute Gasteiger partial charge is 0.481 e. The van der Waals surface area contributed by atoms with Crippen LogP contribution >= 0.6 is 0 Å². The maximum atomic E-state index is 10.2. The number of benzene rings is 1. The number of carbonyl (C=O) groups excluding carboxylic acids is 1. The number of methoxy groups -OCH3 is 1. The van der Waals surface area contributed by atoms with Gasteiger partial charge < -0.3 is 4.74 Å². The molecule has 0 fully saturated rings. The van der Waals surface area contributed by atoms with Gasteiger partial charge >= 0.3 is 0 Å². The number of hydrogen-bond donors (Lipinski definition) is 0. The number of isocyanates is 1. The zero-order valence-corrected chi connectivity index (χ0v) is 8.10. The first-order chi connectivity index (χ1) is 7.35. The van der Waals surface area contributed by atoms with Crippen LogP contribution < -0.4 is 4.74 Å². The quantitative estimate of drug-likeness (QED) is 0.551. The zero-order chi connectivity index (χ0) is 10.7. The van der Waals surface area contributed by atoms with Gasteiger partial charge in [0.15, 0.2) is 0 Å². The average Bonchev–Trinajstić information content (AvgIpc) is 2.29. The number of nitrogens with zero attached hydrogens (tertiary/aromatic N) is 2. The van der Waals surface area contributed by atoms with Crippen molar-refractivity contribution >= 4 is 22.7 Å². The standard InChI is InChI=1S/C11H8N2O2/c1-15-10-6-5-8-3-2-4-9(12-7-14)11(8)13-10/h2-6H,1H3. The first kappa shape index (κ1) is 9.37. The minimum atomic E-state index is 0.496. The van der Waals surface area contributed by atoms with E-state index in [2.05, 4.69) is 9.98 Å². The lowest BCUT2D eigenvalue weighted by atomic mass is 10.2. The van der Waals surface area contributed by atoms with Crippen molar-refractivity contribution in [2.75, 3.05) is 7.11 Å². The fourth-order valence-corrected chi connectivity index (χ4v) is 1.37. The minimum Gasteiger partial charge on any atom is -0.481 e. The van der Waals surface area contributed by atoms with Gasteiger partial charge in [-0.15, -0.1) is 0 Å². The van der Waals surface area contributed by atoms with Gasteiger partial charge in [0, 0.05) is 11.5 Å². The highest BCUT2D eigenvalue weighted by atomic mass is 16.5. The van der Waals surface area contributed by atoms with Gasteiger partial charge in [-0.05, 0) is 12.1 Å². The van der Waals surface area contributed by atoms with Gasteiger partial charge in [-0.3, -0.25) is 0 Å². The Morgan fingerprint density at radius 3 is 2.93 bits per heavy atom. The van der Waals surface area contributed by atoms with E-state index in [1.807, 2.05) is 18.2 Å². The predicted octanol–water partition coefficient (Wildman–Crippen LogP) is 2.21. The van der Waals surface area contributed by atoms with Crippen molar-refractivity contribution in [3.8, 4) is 5.88 Å². The summed E-state index contributed by atoms with van der Waals surface area (Å²) in [4.78, 5) is 18.0. The Balaban J connectivity index is 2.75. The maximum absolute atomic E-state index is 10.2. The first-order valence-corrected chi connectivity index (χ1v) is 4.37. The number of ether oxygens (including phenoxy) is 1. The number of para-hydroxylation sites is 1. The Morgan fingerprint density at radius 2 is 2.20 bits per heavy atom. The van der Waals surface area contributed by atoms with E-state index in [-0.39, 0.29) is 0 Å². The van der Waals surface area contributed by atoms with Crippen LogP contribution in [0, 0.1) is 0 Å². The Labute approximate surface area is 86.2 Å². The molecule has 2 aromatic rings. The van der Waals surface area contributed by atoms with Crippen molar-refractivity contribution in [2.24, 2.45) is 4.99 Å². The molecule has 0 amide bonds. The van der Waals surface area contributed by atoms with Crippen LogP contribution in [0.4, 0.5) is 5.69 Å². The third-order valence-corrected chi connectivity index (χ3v) is 2.05. The molecule has 0 atom stereocenters. The number of aromatic nitrogens is 1. The van der Waals surface area contributed by atoms with Crippen LogP contribution in [0.5, 0.6) is 5.88 Å². The van der Waals surface area contributed by atoms with Crippen LogP contribution in [0.3, 0.4) is 0 Å². The van der Waals surface area contributed by atoms with Crippen LogP contribution in [0.1, 0.15) is 0 Å². The summed E-state index contributed by atoms with van der Waals surface area (Å²) >= 11 is 0. The lowest BCUT2D eigenvalue weighted by Crippen LogP contribution is -1.87. The topological polar surface area (TPSA) is 51.5 Å². The van der Waals surface area contributed by atoms with Gasteiger partial charge in [-0.2, -0.15) is 4.99 Å². The van der Waals surface area contributed by atoms with Gasteiger partial charge in [0.05, 0.1) is 7.11 Å². The van der Waals surface area contributed by atoms with E-state index in [4.69, 9.17) is 4.74 Å². The Kier molecular flexibility index (Phi) is 2.44. The van der Waals surface area contributed by atoms with Crippen LogP contribution in [-0.2, 0) is 4.79 Å². The summed E-state index contributed by atoms with van der Waals surface area (Å²) in [5, 5.41) is 0.910.